The van der Waals surface area contributed by atoms with E-state index in [9.17, 15) is 0 Å². The molecule has 2 heterocycles. The Kier molecular flexibility index (Phi) is 2.11. The molecule has 3 heteroatoms. The largest absolute Gasteiger partial charge is 0.384 e. The first-order valence-electron chi connectivity index (χ1n) is 5.54. The van der Waals surface area contributed by atoms with Crippen LogP contribution >= 0.6 is 0 Å². The number of rotatable bonds is 1. The standard InChI is InChI=1S/C14H13N3/c1-9-2-4-10(5-3-9)12-6-11-7-14(15)16-8-13(11)17-12/h2-8,17H,1H3,(H2,15,16). The maximum Gasteiger partial charge on any atom is 0.124 e. The molecule has 3 aromatic rings. The highest BCUT2D eigenvalue weighted by molar-refractivity contribution is 5.86. The lowest BCUT2D eigenvalue weighted by Crippen LogP contribution is -1.87. The maximum absolute atomic E-state index is 5.67. The maximum atomic E-state index is 5.67. The number of anilines is 1. The van der Waals surface area contributed by atoms with Crippen LogP contribution in [-0.2, 0) is 0 Å². The van der Waals surface area contributed by atoms with Gasteiger partial charge in [-0.1, -0.05) is 29.8 Å². The summed E-state index contributed by atoms with van der Waals surface area (Å²) < 4.78 is 0. The van der Waals surface area contributed by atoms with E-state index in [0.717, 1.165) is 16.6 Å². The molecule has 1 aromatic carbocycles. The molecular formula is C14H13N3. The van der Waals surface area contributed by atoms with Gasteiger partial charge in [-0.15, -0.1) is 0 Å². The summed E-state index contributed by atoms with van der Waals surface area (Å²) in [5.74, 6) is 0.548. The molecule has 0 radical (unpaired) electrons. The Morgan fingerprint density at radius 2 is 1.88 bits per heavy atom. The third kappa shape index (κ3) is 1.76. The van der Waals surface area contributed by atoms with E-state index in [1.54, 1.807) is 6.20 Å². The fourth-order valence-electron chi connectivity index (χ4n) is 1.94. The molecule has 3 nitrogen and oxygen atoms in total. The molecule has 0 aliphatic heterocycles. The highest BCUT2D eigenvalue weighted by Gasteiger charge is 2.03. The molecule has 0 bridgehead atoms. The third-order valence-corrected chi connectivity index (χ3v) is 2.89. The summed E-state index contributed by atoms with van der Waals surface area (Å²) in [5.41, 5.74) is 10.2. The number of nitrogen functional groups attached to an aromatic ring is 1. The molecule has 17 heavy (non-hydrogen) atoms. The molecule has 84 valence electrons. The molecule has 0 fully saturated rings. The summed E-state index contributed by atoms with van der Waals surface area (Å²) in [6, 6.07) is 12.4. The Balaban J connectivity index is 2.14. The quantitative estimate of drug-likeness (QED) is 0.666. The molecule has 0 amide bonds. The Labute approximate surface area is 99.3 Å². The van der Waals surface area contributed by atoms with Crippen LogP contribution < -0.4 is 5.73 Å². The normalized spacial score (nSPS) is 10.9. The van der Waals surface area contributed by atoms with Crippen LogP contribution in [0.4, 0.5) is 5.82 Å². The second kappa shape index (κ2) is 3.63. The third-order valence-electron chi connectivity index (χ3n) is 2.89. The number of hydrogen-bond acceptors (Lipinski definition) is 2. The van der Waals surface area contributed by atoms with Crippen LogP contribution in [0, 0.1) is 6.92 Å². The van der Waals surface area contributed by atoms with Gasteiger partial charge >= 0.3 is 0 Å². The fourth-order valence-corrected chi connectivity index (χ4v) is 1.94. The van der Waals surface area contributed by atoms with Crippen LogP contribution in [0.25, 0.3) is 22.2 Å². The van der Waals surface area contributed by atoms with Crippen molar-refractivity contribution in [3.8, 4) is 11.3 Å². The molecule has 0 atom stereocenters. The fraction of sp³-hybridized carbons (Fsp3) is 0.0714. The average molecular weight is 223 g/mol. The number of nitrogens with zero attached hydrogens (tertiary/aromatic N) is 1. The number of benzene rings is 1. The number of H-pyrrole nitrogens is 1. The van der Waals surface area contributed by atoms with E-state index < -0.39 is 0 Å². The average Bonchev–Trinajstić information content (AvgIpc) is 2.72. The minimum absolute atomic E-state index is 0.548. The van der Waals surface area contributed by atoms with Gasteiger partial charge in [0, 0.05) is 11.1 Å². The van der Waals surface area contributed by atoms with Crippen molar-refractivity contribution in [1.29, 1.82) is 0 Å². The van der Waals surface area contributed by atoms with Crippen molar-refractivity contribution in [2.24, 2.45) is 0 Å². The first-order chi connectivity index (χ1) is 8.22. The zero-order chi connectivity index (χ0) is 11.8. The molecule has 0 saturated heterocycles. The lowest BCUT2D eigenvalue weighted by atomic mass is 10.1. The van der Waals surface area contributed by atoms with Crippen molar-refractivity contribution < 1.29 is 0 Å². The van der Waals surface area contributed by atoms with E-state index >= 15 is 0 Å². The molecule has 3 rings (SSSR count). The number of aromatic amines is 1. The smallest absolute Gasteiger partial charge is 0.124 e. The molecule has 0 spiro atoms. The number of pyridine rings is 1. The van der Waals surface area contributed by atoms with E-state index in [0.29, 0.717) is 5.82 Å². The first kappa shape index (κ1) is 9.90. The Bertz CT molecular complexity index is 666. The molecule has 0 saturated carbocycles. The molecule has 0 unspecified atom stereocenters. The number of fused-ring (bicyclic) bond motifs is 1. The minimum Gasteiger partial charge on any atom is -0.384 e. The van der Waals surface area contributed by atoms with Crippen LogP contribution in [0.5, 0.6) is 0 Å². The number of aryl methyl sites for hydroxylation is 1. The Morgan fingerprint density at radius 3 is 2.65 bits per heavy atom. The highest BCUT2D eigenvalue weighted by Crippen LogP contribution is 2.24. The summed E-state index contributed by atoms with van der Waals surface area (Å²) in [6.07, 6.45) is 1.77. The van der Waals surface area contributed by atoms with Crippen LogP contribution in [-0.4, -0.2) is 9.97 Å². The van der Waals surface area contributed by atoms with Crippen molar-refractivity contribution in [3.05, 3.63) is 48.2 Å². The van der Waals surface area contributed by atoms with Crippen LogP contribution in [0.2, 0.25) is 0 Å². The number of nitrogens with one attached hydrogen (secondary N) is 1. The van der Waals surface area contributed by atoms with Gasteiger partial charge in [-0.05, 0) is 24.6 Å². The second-order valence-corrected chi connectivity index (χ2v) is 4.25. The van der Waals surface area contributed by atoms with Gasteiger partial charge in [0.1, 0.15) is 5.82 Å². The van der Waals surface area contributed by atoms with E-state index in [1.165, 1.54) is 11.1 Å². The monoisotopic (exact) mass is 223 g/mol. The van der Waals surface area contributed by atoms with Crippen molar-refractivity contribution in [3.63, 3.8) is 0 Å². The van der Waals surface area contributed by atoms with E-state index in [4.69, 9.17) is 5.73 Å². The van der Waals surface area contributed by atoms with Crippen molar-refractivity contribution in [2.75, 3.05) is 5.73 Å². The van der Waals surface area contributed by atoms with Crippen molar-refractivity contribution in [2.45, 2.75) is 6.92 Å². The zero-order valence-electron chi connectivity index (χ0n) is 9.57. The Morgan fingerprint density at radius 1 is 1.12 bits per heavy atom. The molecule has 0 aliphatic carbocycles. The van der Waals surface area contributed by atoms with Gasteiger partial charge in [-0.3, -0.25) is 0 Å². The van der Waals surface area contributed by atoms with E-state index in [2.05, 4.69) is 47.2 Å². The SMILES string of the molecule is Cc1ccc(-c2cc3cc(N)ncc3[nH]2)cc1. The first-order valence-corrected chi connectivity index (χ1v) is 5.54. The molecular weight excluding hydrogens is 210 g/mol. The summed E-state index contributed by atoms with van der Waals surface area (Å²) in [6.45, 7) is 2.08. The summed E-state index contributed by atoms with van der Waals surface area (Å²) >= 11 is 0. The van der Waals surface area contributed by atoms with Crippen LogP contribution in [0.3, 0.4) is 0 Å². The minimum atomic E-state index is 0.548. The van der Waals surface area contributed by atoms with Gasteiger partial charge in [0.2, 0.25) is 0 Å². The van der Waals surface area contributed by atoms with Crippen LogP contribution in [0.1, 0.15) is 5.56 Å². The number of nitrogens with two attached hydrogens (primary N) is 1. The lowest BCUT2D eigenvalue weighted by Gasteiger charge is -1.97. The van der Waals surface area contributed by atoms with Gasteiger partial charge in [-0.25, -0.2) is 4.98 Å². The van der Waals surface area contributed by atoms with E-state index in [1.807, 2.05) is 6.07 Å². The predicted molar refractivity (Wildman–Crippen MR) is 70.7 cm³/mol. The summed E-state index contributed by atoms with van der Waals surface area (Å²) in [7, 11) is 0. The molecule has 2 aromatic heterocycles. The highest BCUT2D eigenvalue weighted by atomic mass is 14.8. The van der Waals surface area contributed by atoms with Crippen molar-refractivity contribution >= 4 is 16.7 Å². The van der Waals surface area contributed by atoms with Gasteiger partial charge in [0.05, 0.1) is 11.7 Å². The van der Waals surface area contributed by atoms with E-state index in [-0.39, 0.29) is 0 Å². The summed E-state index contributed by atoms with van der Waals surface area (Å²) in [4.78, 5) is 7.42. The zero-order valence-corrected chi connectivity index (χ0v) is 9.57. The lowest BCUT2D eigenvalue weighted by molar-refractivity contribution is 1.34. The second-order valence-electron chi connectivity index (χ2n) is 4.25. The number of aromatic nitrogens is 2. The van der Waals surface area contributed by atoms with Gasteiger partial charge in [-0.2, -0.15) is 0 Å². The molecule has 0 aliphatic rings. The Hall–Kier alpha value is -2.29. The summed E-state index contributed by atoms with van der Waals surface area (Å²) in [5, 5.41) is 1.09. The van der Waals surface area contributed by atoms with Gasteiger partial charge in [0.15, 0.2) is 0 Å². The predicted octanol–water partition coefficient (Wildman–Crippen LogP) is 3.12. The van der Waals surface area contributed by atoms with Crippen LogP contribution in [0.15, 0.2) is 42.6 Å². The van der Waals surface area contributed by atoms with Gasteiger partial charge < -0.3 is 10.7 Å². The molecule has 3 N–H and O–H groups in total. The van der Waals surface area contributed by atoms with Gasteiger partial charge in [0.25, 0.3) is 0 Å². The number of hydrogen-bond donors (Lipinski definition) is 2. The van der Waals surface area contributed by atoms with Crippen molar-refractivity contribution in [1.82, 2.24) is 9.97 Å². The topological polar surface area (TPSA) is 54.7 Å².